The SMILES string of the molecule is CC/C=C\C/C=C\C/C=C\C/C=C\C/C=C\C/C=C\CCC(=O)OC(COC(=O)CCCCCCCCCCCCCCCCCC)COC(OCC[N+](C)(C)C)C(=O)O. The molecule has 0 aliphatic heterocycles. The van der Waals surface area contributed by atoms with Crippen LogP contribution in [-0.4, -0.2) is 87.4 Å². The fraction of sp³-hybridized carbons (Fsp3) is 0.706. The molecule has 9 nitrogen and oxygen atoms in total. The Morgan fingerprint density at radius 3 is 1.38 bits per heavy atom. The number of likely N-dealkylation sites (N-methyl/N-ethyl adjacent to an activating group) is 1. The molecule has 60 heavy (non-hydrogen) atoms. The van der Waals surface area contributed by atoms with Gasteiger partial charge in [-0.3, -0.25) is 9.59 Å². The van der Waals surface area contributed by atoms with Gasteiger partial charge < -0.3 is 28.5 Å². The van der Waals surface area contributed by atoms with E-state index in [-0.39, 0.29) is 38.6 Å². The van der Waals surface area contributed by atoms with E-state index in [1.165, 1.54) is 83.5 Å². The minimum atomic E-state index is -1.53. The summed E-state index contributed by atoms with van der Waals surface area (Å²) in [5.74, 6) is -2.12. The van der Waals surface area contributed by atoms with Gasteiger partial charge in [-0.2, -0.15) is 0 Å². The number of hydrogen-bond donors (Lipinski definition) is 1. The van der Waals surface area contributed by atoms with Crippen molar-refractivity contribution >= 4 is 17.9 Å². The van der Waals surface area contributed by atoms with Crippen LogP contribution in [0.1, 0.15) is 174 Å². The molecule has 0 bridgehead atoms. The first-order valence-corrected chi connectivity index (χ1v) is 23.6. The van der Waals surface area contributed by atoms with Crippen LogP contribution in [0.2, 0.25) is 0 Å². The van der Waals surface area contributed by atoms with E-state index in [0.29, 0.717) is 17.4 Å². The number of nitrogens with zero attached hydrogens (tertiary/aromatic N) is 1. The van der Waals surface area contributed by atoms with Crippen LogP contribution in [0.3, 0.4) is 0 Å². The number of allylic oxidation sites excluding steroid dienone is 12. The highest BCUT2D eigenvalue weighted by Gasteiger charge is 2.25. The topological polar surface area (TPSA) is 108 Å². The van der Waals surface area contributed by atoms with Gasteiger partial charge in [0.15, 0.2) is 6.10 Å². The lowest BCUT2D eigenvalue weighted by Crippen LogP contribution is -2.40. The minimum absolute atomic E-state index is 0.133. The molecule has 2 atom stereocenters. The van der Waals surface area contributed by atoms with Crippen molar-refractivity contribution in [3.05, 3.63) is 72.9 Å². The van der Waals surface area contributed by atoms with Gasteiger partial charge in [0.2, 0.25) is 0 Å². The predicted molar refractivity (Wildman–Crippen MR) is 249 cm³/mol. The summed E-state index contributed by atoms with van der Waals surface area (Å²) in [5.41, 5.74) is 0. The number of aliphatic carboxylic acids is 1. The summed E-state index contributed by atoms with van der Waals surface area (Å²) in [7, 11) is 5.93. The molecule has 0 radical (unpaired) electrons. The van der Waals surface area contributed by atoms with Gasteiger partial charge in [-0.25, -0.2) is 4.79 Å². The summed E-state index contributed by atoms with van der Waals surface area (Å²) in [4.78, 5) is 37.1. The minimum Gasteiger partial charge on any atom is -0.477 e. The number of carbonyl (C=O) groups is 3. The number of unbranched alkanes of at least 4 members (excludes halogenated alkanes) is 15. The van der Waals surface area contributed by atoms with E-state index in [9.17, 15) is 19.5 Å². The largest absolute Gasteiger partial charge is 0.477 e. The fourth-order valence-corrected chi connectivity index (χ4v) is 6.10. The molecule has 0 aliphatic rings. The van der Waals surface area contributed by atoms with Crippen LogP contribution in [0.4, 0.5) is 0 Å². The van der Waals surface area contributed by atoms with Crippen molar-refractivity contribution in [3.63, 3.8) is 0 Å². The number of ether oxygens (including phenoxy) is 4. The van der Waals surface area contributed by atoms with Gasteiger partial charge in [0.05, 0.1) is 34.4 Å². The van der Waals surface area contributed by atoms with Crippen molar-refractivity contribution in [3.8, 4) is 0 Å². The van der Waals surface area contributed by atoms with Crippen LogP contribution in [0.5, 0.6) is 0 Å². The lowest BCUT2D eigenvalue weighted by Gasteiger charge is -2.25. The second kappa shape index (κ2) is 42.4. The van der Waals surface area contributed by atoms with Crippen LogP contribution in [0, 0.1) is 0 Å². The first-order chi connectivity index (χ1) is 29.1. The molecule has 0 aromatic carbocycles. The van der Waals surface area contributed by atoms with E-state index < -0.39 is 24.3 Å². The zero-order valence-corrected chi connectivity index (χ0v) is 38.8. The Labute approximate surface area is 367 Å². The van der Waals surface area contributed by atoms with Gasteiger partial charge in [-0.15, -0.1) is 0 Å². The van der Waals surface area contributed by atoms with Crippen molar-refractivity contribution in [1.29, 1.82) is 0 Å². The van der Waals surface area contributed by atoms with Gasteiger partial charge in [0.1, 0.15) is 13.2 Å². The third kappa shape index (κ3) is 42.8. The monoisotopic (exact) mass is 843 g/mol. The van der Waals surface area contributed by atoms with Gasteiger partial charge >= 0.3 is 17.9 Å². The lowest BCUT2D eigenvalue weighted by atomic mass is 10.0. The first-order valence-electron chi connectivity index (χ1n) is 23.6. The number of carboxylic acid groups (broad SMARTS) is 1. The van der Waals surface area contributed by atoms with Gasteiger partial charge in [-0.05, 0) is 51.4 Å². The number of esters is 2. The molecule has 344 valence electrons. The summed E-state index contributed by atoms with van der Waals surface area (Å²) in [6.45, 7) is 4.67. The Morgan fingerprint density at radius 1 is 0.517 bits per heavy atom. The maximum atomic E-state index is 12.7. The molecule has 2 unspecified atom stereocenters. The zero-order chi connectivity index (χ0) is 44.2. The number of quaternary nitrogens is 1. The van der Waals surface area contributed by atoms with Gasteiger partial charge in [-0.1, -0.05) is 183 Å². The molecule has 0 saturated carbocycles. The second-order valence-electron chi connectivity index (χ2n) is 16.7. The number of carboxylic acids is 1. The summed E-state index contributed by atoms with van der Waals surface area (Å²) in [6.07, 6.45) is 49.8. The third-order valence-electron chi connectivity index (χ3n) is 9.74. The third-order valence-corrected chi connectivity index (χ3v) is 9.74. The Balaban J connectivity index is 4.54. The Bertz CT molecular complexity index is 1210. The average Bonchev–Trinajstić information content (AvgIpc) is 3.21. The van der Waals surface area contributed by atoms with Gasteiger partial charge in [0.25, 0.3) is 6.29 Å². The average molecular weight is 843 g/mol. The molecular weight excluding hydrogens is 755 g/mol. The molecule has 0 amide bonds. The van der Waals surface area contributed by atoms with Gasteiger partial charge in [0, 0.05) is 12.8 Å². The standard InChI is InChI=1S/C51H87NO8/c1-6-8-10-12-14-16-18-20-22-24-25-26-28-30-32-34-36-38-40-42-49(54)60-47(46-59-51(50(55)56)57-44-43-52(3,4)5)45-58-48(53)41-39-37-35-33-31-29-27-23-21-19-17-15-13-11-9-7-2/h8,10,14,16,20,22,25-26,30,32,36,38,47,51H,6-7,9,11-13,15,17-19,21,23-24,27-29,31,33-35,37,39-46H2,1-5H3/p+1/b10-8-,16-14-,22-20-,26-25-,32-30-,38-36-. The Kier molecular flexibility index (Phi) is 40.1. The molecule has 0 saturated heterocycles. The van der Waals surface area contributed by atoms with Crippen LogP contribution in [-0.2, 0) is 33.3 Å². The van der Waals surface area contributed by atoms with Crippen LogP contribution in [0.25, 0.3) is 0 Å². The normalized spacial score (nSPS) is 13.6. The summed E-state index contributed by atoms with van der Waals surface area (Å²) < 4.78 is 22.7. The van der Waals surface area contributed by atoms with Crippen molar-refractivity contribution < 1.29 is 42.9 Å². The van der Waals surface area contributed by atoms with Crippen LogP contribution >= 0.6 is 0 Å². The molecule has 1 N–H and O–H groups in total. The highest BCUT2D eigenvalue weighted by atomic mass is 16.7. The molecule has 0 rings (SSSR count). The van der Waals surface area contributed by atoms with Crippen LogP contribution < -0.4 is 0 Å². The highest BCUT2D eigenvalue weighted by Crippen LogP contribution is 2.15. The van der Waals surface area contributed by atoms with Crippen LogP contribution in [0.15, 0.2) is 72.9 Å². The Morgan fingerprint density at radius 2 is 0.950 bits per heavy atom. The van der Waals surface area contributed by atoms with E-state index >= 15 is 0 Å². The number of hydrogen-bond acceptors (Lipinski definition) is 7. The zero-order valence-electron chi connectivity index (χ0n) is 38.8. The molecule has 0 fully saturated rings. The van der Waals surface area contributed by atoms with E-state index in [0.717, 1.165) is 57.8 Å². The quantitative estimate of drug-likeness (QED) is 0.0213. The van der Waals surface area contributed by atoms with E-state index in [2.05, 4.69) is 74.6 Å². The smallest absolute Gasteiger partial charge is 0.361 e. The van der Waals surface area contributed by atoms with Crippen molar-refractivity contribution in [2.24, 2.45) is 0 Å². The van der Waals surface area contributed by atoms with E-state index in [4.69, 9.17) is 18.9 Å². The number of carbonyl (C=O) groups excluding carboxylic acids is 2. The molecule has 0 aromatic heterocycles. The van der Waals surface area contributed by atoms with E-state index in [1.54, 1.807) is 0 Å². The predicted octanol–water partition coefficient (Wildman–Crippen LogP) is 12.7. The lowest BCUT2D eigenvalue weighted by molar-refractivity contribution is -0.870. The molecular formula is C51H88NO8+. The molecule has 0 spiro atoms. The molecule has 0 aromatic rings. The van der Waals surface area contributed by atoms with E-state index in [1.807, 2.05) is 33.3 Å². The fourth-order valence-electron chi connectivity index (χ4n) is 6.10. The highest BCUT2D eigenvalue weighted by molar-refractivity contribution is 5.71. The summed E-state index contributed by atoms with van der Waals surface area (Å²) in [6, 6.07) is 0. The van der Waals surface area contributed by atoms with Crippen molar-refractivity contribution in [2.75, 3.05) is 47.5 Å². The summed E-state index contributed by atoms with van der Waals surface area (Å²) in [5, 5.41) is 9.64. The maximum absolute atomic E-state index is 12.7. The molecule has 0 heterocycles. The maximum Gasteiger partial charge on any atom is 0.361 e. The van der Waals surface area contributed by atoms with Crippen molar-refractivity contribution in [1.82, 2.24) is 0 Å². The molecule has 0 aliphatic carbocycles. The van der Waals surface area contributed by atoms with Crippen molar-refractivity contribution in [2.45, 2.75) is 187 Å². The first kappa shape index (κ1) is 56.7. The molecule has 9 heteroatoms. The number of rotatable bonds is 42. The Hall–Kier alpha value is -3.27. The second-order valence-corrected chi connectivity index (χ2v) is 16.7. The summed E-state index contributed by atoms with van der Waals surface area (Å²) >= 11 is 0.